The van der Waals surface area contributed by atoms with Crippen LogP contribution in [0.5, 0.6) is 0 Å². The third kappa shape index (κ3) is 4.95. The number of anilines is 1. The van der Waals surface area contributed by atoms with Crippen molar-refractivity contribution in [3.63, 3.8) is 0 Å². The predicted octanol–water partition coefficient (Wildman–Crippen LogP) is 1.41. The van der Waals surface area contributed by atoms with E-state index in [0.29, 0.717) is 38.5 Å². The number of ether oxygens (including phenoxy) is 2. The van der Waals surface area contributed by atoms with Crippen molar-refractivity contribution in [2.75, 3.05) is 38.8 Å². The Hall–Kier alpha value is -1.24. The fourth-order valence-corrected chi connectivity index (χ4v) is 1.42. The van der Waals surface area contributed by atoms with Crippen molar-refractivity contribution in [1.82, 2.24) is 9.97 Å². The molecule has 0 atom stereocenters. The lowest BCUT2D eigenvalue weighted by Crippen LogP contribution is -2.10. The Kier molecular flexibility index (Phi) is 7.24. The number of carbonyl (C=O) groups is 1. The highest BCUT2D eigenvalue weighted by molar-refractivity contribution is 6.32. The molecule has 1 aromatic heterocycles. The summed E-state index contributed by atoms with van der Waals surface area (Å²) in [6.45, 7) is 2.42. The minimum atomic E-state index is 0.152. The highest BCUT2D eigenvalue weighted by Gasteiger charge is 2.07. The minimum Gasteiger partial charge on any atom is -0.382 e. The molecule has 0 aliphatic carbocycles. The van der Waals surface area contributed by atoms with Gasteiger partial charge in [-0.1, -0.05) is 11.6 Å². The van der Waals surface area contributed by atoms with Crippen molar-refractivity contribution in [2.24, 2.45) is 0 Å². The van der Waals surface area contributed by atoms with Crippen molar-refractivity contribution in [3.8, 4) is 0 Å². The van der Waals surface area contributed by atoms with Crippen LogP contribution in [0.15, 0.2) is 6.33 Å². The molecule has 1 rings (SSSR count). The second kappa shape index (κ2) is 8.79. The van der Waals surface area contributed by atoms with Crippen LogP contribution in [0.1, 0.15) is 16.8 Å². The lowest BCUT2D eigenvalue weighted by atomic mass is 10.3. The molecule has 0 bridgehead atoms. The molecule has 1 heterocycles. The zero-order valence-electron chi connectivity index (χ0n) is 10.2. The molecule has 0 radical (unpaired) electrons. The van der Waals surface area contributed by atoms with E-state index in [2.05, 4.69) is 15.3 Å². The number of aromatic nitrogens is 2. The number of hydrogen-bond donors (Lipinski definition) is 1. The number of rotatable bonds is 9. The van der Waals surface area contributed by atoms with E-state index in [9.17, 15) is 4.79 Å². The first-order valence-corrected chi connectivity index (χ1v) is 5.93. The third-order valence-corrected chi connectivity index (χ3v) is 2.44. The second-order valence-electron chi connectivity index (χ2n) is 3.43. The van der Waals surface area contributed by atoms with Crippen LogP contribution >= 0.6 is 11.6 Å². The first-order valence-electron chi connectivity index (χ1n) is 5.55. The molecule has 1 N–H and O–H groups in total. The molecule has 0 saturated heterocycles. The van der Waals surface area contributed by atoms with Gasteiger partial charge < -0.3 is 14.8 Å². The largest absolute Gasteiger partial charge is 0.382 e. The quantitative estimate of drug-likeness (QED) is 0.417. The van der Waals surface area contributed by atoms with Crippen molar-refractivity contribution in [2.45, 2.75) is 6.42 Å². The molecule has 0 unspecified atom stereocenters. The zero-order chi connectivity index (χ0) is 13.2. The summed E-state index contributed by atoms with van der Waals surface area (Å²) in [7, 11) is 1.63. The SMILES string of the molecule is COCCOCCCNc1ncnc(Cl)c1C=O. The van der Waals surface area contributed by atoms with Crippen LogP contribution < -0.4 is 5.32 Å². The standard InChI is InChI=1S/C11H16ClN3O3/c1-17-5-6-18-4-2-3-13-11-9(7-16)10(12)14-8-15-11/h7-8H,2-6H2,1H3,(H,13,14,15). The van der Waals surface area contributed by atoms with E-state index in [0.717, 1.165) is 6.42 Å². The maximum absolute atomic E-state index is 10.8. The molecule has 0 amide bonds. The smallest absolute Gasteiger partial charge is 0.156 e. The average Bonchev–Trinajstić information content (AvgIpc) is 2.38. The van der Waals surface area contributed by atoms with Crippen LogP contribution in [0.25, 0.3) is 0 Å². The van der Waals surface area contributed by atoms with E-state index < -0.39 is 0 Å². The maximum Gasteiger partial charge on any atom is 0.156 e. The Labute approximate surface area is 111 Å². The van der Waals surface area contributed by atoms with Crippen LogP contribution in [-0.2, 0) is 9.47 Å². The molecule has 0 saturated carbocycles. The molecule has 100 valence electrons. The molecule has 0 spiro atoms. The fraction of sp³-hybridized carbons (Fsp3) is 0.545. The molecule has 0 fully saturated rings. The van der Waals surface area contributed by atoms with E-state index in [1.165, 1.54) is 6.33 Å². The van der Waals surface area contributed by atoms with E-state index in [1.807, 2.05) is 0 Å². The Morgan fingerprint density at radius 3 is 2.94 bits per heavy atom. The third-order valence-electron chi connectivity index (χ3n) is 2.14. The molecule has 0 aliphatic heterocycles. The van der Waals surface area contributed by atoms with Gasteiger partial charge in [-0.25, -0.2) is 9.97 Å². The lowest BCUT2D eigenvalue weighted by Gasteiger charge is -2.08. The highest BCUT2D eigenvalue weighted by atomic mass is 35.5. The normalized spacial score (nSPS) is 10.3. The van der Waals surface area contributed by atoms with Crippen LogP contribution in [0.4, 0.5) is 5.82 Å². The molecule has 0 aliphatic rings. The number of hydrogen-bond acceptors (Lipinski definition) is 6. The molecule has 0 aromatic carbocycles. The van der Waals surface area contributed by atoms with Gasteiger partial charge in [-0.15, -0.1) is 0 Å². The van der Waals surface area contributed by atoms with Gasteiger partial charge in [-0.2, -0.15) is 0 Å². The summed E-state index contributed by atoms with van der Waals surface area (Å²) in [4.78, 5) is 18.5. The molecule has 18 heavy (non-hydrogen) atoms. The summed E-state index contributed by atoms with van der Waals surface area (Å²) >= 11 is 5.77. The summed E-state index contributed by atoms with van der Waals surface area (Å²) in [6.07, 6.45) is 2.75. The van der Waals surface area contributed by atoms with Gasteiger partial charge >= 0.3 is 0 Å². The minimum absolute atomic E-state index is 0.152. The van der Waals surface area contributed by atoms with Gasteiger partial charge in [-0.05, 0) is 6.42 Å². The topological polar surface area (TPSA) is 73.3 Å². The number of nitrogens with zero attached hydrogens (tertiary/aromatic N) is 2. The Balaban J connectivity index is 2.27. The van der Waals surface area contributed by atoms with Crippen molar-refractivity contribution >= 4 is 23.7 Å². The van der Waals surface area contributed by atoms with E-state index >= 15 is 0 Å². The van der Waals surface area contributed by atoms with Crippen molar-refractivity contribution in [1.29, 1.82) is 0 Å². The van der Waals surface area contributed by atoms with Gasteiger partial charge in [0.2, 0.25) is 0 Å². The zero-order valence-corrected chi connectivity index (χ0v) is 10.9. The maximum atomic E-state index is 10.8. The number of nitrogens with one attached hydrogen (secondary N) is 1. The fourth-order valence-electron chi connectivity index (χ4n) is 1.24. The molecular formula is C11H16ClN3O3. The van der Waals surface area contributed by atoms with E-state index in [1.54, 1.807) is 7.11 Å². The van der Waals surface area contributed by atoms with Crippen molar-refractivity contribution < 1.29 is 14.3 Å². The first-order chi connectivity index (χ1) is 8.79. The lowest BCUT2D eigenvalue weighted by molar-refractivity contribution is 0.0705. The average molecular weight is 274 g/mol. The highest BCUT2D eigenvalue weighted by Crippen LogP contribution is 2.16. The second-order valence-corrected chi connectivity index (χ2v) is 3.79. The molecule has 6 nitrogen and oxygen atoms in total. The van der Waals surface area contributed by atoms with Gasteiger partial charge in [0.05, 0.1) is 18.8 Å². The molecular weight excluding hydrogens is 258 g/mol. The Bertz CT molecular complexity index is 377. The Morgan fingerprint density at radius 1 is 1.39 bits per heavy atom. The summed E-state index contributed by atoms with van der Waals surface area (Å²) in [6, 6.07) is 0. The molecule has 1 aromatic rings. The van der Waals surface area contributed by atoms with Gasteiger partial charge in [0.25, 0.3) is 0 Å². The number of halogens is 1. The van der Waals surface area contributed by atoms with Crippen molar-refractivity contribution in [3.05, 3.63) is 17.0 Å². The first kappa shape index (κ1) is 14.8. The van der Waals surface area contributed by atoms with E-state index in [-0.39, 0.29) is 10.7 Å². The van der Waals surface area contributed by atoms with Gasteiger partial charge in [0.1, 0.15) is 17.3 Å². The van der Waals surface area contributed by atoms with Crippen LogP contribution in [0.3, 0.4) is 0 Å². The number of methoxy groups -OCH3 is 1. The Morgan fingerprint density at radius 2 is 2.22 bits per heavy atom. The van der Waals surface area contributed by atoms with Crippen LogP contribution in [-0.4, -0.2) is 49.7 Å². The summed E-state index contributed by atoms with van der Waals surface area (Å²) < 4.78 is 10.1. The monoisotopic (exact) mass is 273 g/mol. The predicted molar refractivity (Wildman–Crippen MR) is 68.2 cm³/mol. The summed E-state index contributed by atoms with van der Waals surface area (Å²) in [5.41, 5.74) is 0.277. The van der Waals surface area contributed by atoms with Crippen LogP contribution in [0, 0.1) is 0 Å². The van der Waals surface area contributed by atoms with Gasteiger partial charge in [0, 0.05) is 20.3 Å². The molecule has 7 heteroatoms. The number of carbonyl (C=O) groups excluding carboxylic acids is 1. The summed E-state index contributed by atoms with van der Waals surface area (Å²) in [5, 5.41) is 3.17. The van der Waals surface area contributed by atoms with Crippen LogP contribution in [0.2, 0.25) is 5.15 Å². The number of aldehydes is 1. The van der Waals surface area contributed by atoms with E-state index in [4.69, 9.17) is 21.1 Å². The van der Waals surface area contributed by atoms with Gasteiger partial charge in [0.15, 0.2) is 6.29 Å². The summed E-state index contributed by atoms with van der Waals surface area (Å²) in [5.74, 6) is 0.446. The van der Waals surface area contributed by atoms with Gasteiger partial charge in [-0.3, -0.25) is 4.79 Å².